The smallest absolute Gasteiger partial charge is 0.331 e. The summed E-state index contributed by atoms with van der Waals surface area (Å²) >= 11 is 0. The third kappa shape index (κ3) is 5.35. The maximum atomic E-state index is 12.4. The van der Waals surface area contributed by atoms with Gasteiger partial charge in [-0.05, 0) is 23.8 Å². The van der Waals surface area contributed by atoms with Crippen LogP contribution in [0.4, 0.5) is 4.79 Å². The molecule has 2 aromatic carbocycles. The Labute approximate surface area is 167 Å². The third-order valence-electron chi connectivity index (χ3n) is 4.02. The maximum Gasteiger partial charge on any atom is 0.331 e. The van der Waals surface area contributed by atoms with Gasteiger partial charge in [0, 0.05) is 18.7 Å². The topological polar surface area (TPSA) is 103 Å². The Bertz CT molecular complexity index is 926. The maximum absolute atomic E-state index is 12.4. The molecule has 0 aliphatic carbocycles. The van der Waals surface area contributed by atoms with Crippen molar-refractivity contribution in [2.24, 2.45) is 0 Å². The van der Waals surface area contributed by atoms with E-state index >= 15 is 0 Å². The van der Waals surface area contributed by atoms with Crippen LogP contribution in [0.3, 0.4) is 0 Å². The second kappa shape index (κ2) is 9.41. The molecule has 1 heterocycles. The highest BCUT2D eigenvalue weighted by Crippen LogP contribution is 2.31. The fourth-order valence-electron chi connectivity index (χ4n) is 2.62. The van der Waals surface area contributed by atoms with Gasteiger partial charge in [0.2, 0.25) is 6.10 Å². The van der Waals surface area contributed by atoms with Gasteiger partial charge in [-0.15, -0.1) is 0 Å². The number of benzene rings is 2. The summed E-state index contributed by atoms with van der Waals surface area (Å²) < 4.78 is 16.3. The zero-order valence-corrected chi connectivity index (χ0v) is 15.7. The normalized spacial score (nSPS) is 13.4. The Hall–Kier alpha value is -3.81. The molecular formula is C21H20N2O6. The first-order chi connectivity index (χ1) is 14.1. The molecule has 0 fully saturated rings. The molecule has 8 heteroatoms. The fraction of sp³-hybridized carbons (Fsp3) is 0.190. The van der Waals surface area contributed by atoms with Crippen LogP contribution >= 0.6 is 0 Å². The molecule has 150 valence electrons. The van der Waals surface area contributed by atoms with E-state index in [-0.39, 0.29) is 0 Å². The lowest BCUT2D eigenvalue weighted by atomic mass is 10.1. The number of amides is 3. The highest BCUT2D eigenvalue weighted by Gasteiger charge is 2.25. The molecule has 8 nitrogen and oxygen atoms in total. The number of urea groups is 1. The minimum Gasteiger partial charge on any atom is -0.486 e. The van der Waals surface area contributed by atoms with E-state index in [0.29, 0.717) is 35.8 Å². The molecule has 29 heavy (non-hydrogen) atoms. The number of fused-ring (bicyclic) bond motifs is 1. The molecule has 1 aliphatic heterocycles. The van der Waals surface area contributed by atoms with E-state index in [4.69, 9.17) is 14.2 Å². The zero-order chi connectivity index (χ0) is 20.6. The van der Waals surface area contributed by atoms with E-state index in [9.17, 15) is 14.4 Å². The van der Waals surface area contributed by atoms with Gasteiger partial charge < -0.3 is 19.5 Å². The molecular weight excluding hydrogens is 376 g/mol. The van der Waals surface area contributed by atoms with Crippen LogP contribution in [-0.4, -0.2) is 38.2 Å². The molecule has 0 bridgehead atoms. The highest BCUT2D eigenvalue weighted by atomic mass is 16.6. The number of carbonyl (C=O) groups excluding carboxylic acids is 3. The van der Waals surface area contributed by atoms with E-state index in [2.05, 4.69) is 10.6 Å². The predicted molar refractivity (Wildman–Crippen MR) is 104 cm³/mol. The summed E-state index contributed by atoms with van der Waals surface area (Å²) in [6, 6.07) is 13.0. The molecule has 2 N–H and O–H groups in total. The van der Waals surface area contributed by atoms with Gasteiger partial charge in [0.15, 0.2) is 11.5 Å². The number of nitrogens with one attached hydrogen (secondary N) is 2. The van der Waals surface area contributed by atoms with Crippen LogP contribution in [0.15, 0.2) is 54.6 Å². The van der Waals surface area contributed by atoms with Gasteiger partial charge in [-0.25, -0.2) is 9.59 Å². The molecule has 3 rings (SSSR count). The van der Waals surface area contributed by atoms with Crippen LogP contribution in [0, 0.1) is 0 Å². The summed E-state index contributed by atoms with van der Waals surface area (Å²) in [7, 11) is 1.38. The minimum absolute atomic E-state index is 0.440. The minimum atomic E-state index is -1.27. The van der Waals surface area contributed by atoms with Crippen LogP contribution in [0.2, 0.25) is 0 Å². The lowest BCUT2D eigenvalue weighted by Gasteiger charge is -2.18. The van der Waals surface area contributed by atoms with E-state index < -0.39 is 24.0 Å². The number of rotatable bonds is 5. The van der Waals surface area contributed by atoms with Crippen molar-refractivity contribution in [1.82, 2.24) is 10.6 Å². The van der Waals surface area contributed by atoms with Crippen LogP contribution in [-0.2, 0) is 14.3 Å². The molecule has 2 aromatic rings. The first kappa shape index (κ1) is 19.9. The van der Waals surface area contributed by atoms with Crippen LogP contribution < -0.4 is 20.1 Å². The van der Waals surface area contributed by atoms with E-state index in [1.165, 1.54) is 13.1 Å². The van der Waals surface area contributed by atoms with Gasteiger partial charge in [-0.2, -0.15) is 0 Å². The summed E-state index contributed by atoms with van der Waals surface area (Å²) in [6.45, 7) is 0.953. The summed E-state index contributed by atoms with van der Waals surface area (Å²) in [6.07, 6.45) is 1.47. The monoisotopic (exact) mass is 396 g/mol. The first-order valence-corrected chi connectivity index (χ1v) is 8.92. The average Bonchev–Trinajstić information content (AvgIpc) is 2.76. The van der Waals surface area contributed by atoms with Crippen molar-refractivity contribution in [1.29, 1.82) is 0 Å². The van der Waals surface area contributed by atoms with Crippen molar-refractivity contribution in [3.63, 3.8) is 0 Å². The predicted octanol–water partition coefficient (Wildman–Crippen LogP) is 2.21. The summed E-state index contributed by atoms with van der Waals surface area (Å²) in [5.41, 5.74) is 1.15. The Morgan fingerprint density at radius 3 is 2.48 bits per heavy atom. The lowest BCUT2D eigenvalue weighted by Crippen LogP contribution is -2.41. The molecule has 3 amide bonds. The van der Waals surface area contributed by atoms with E-state index in [1.807, 2.05) is 0 Å². The number of ether oxygens (including phenoxy) is 3. The van der Waals surface area contributed by atoms with Crippen LogP contribution in [0.1, 0.15) is 17.2 Å². The van der Waals surface area contributed by atoms with Crippen molar-refractivity contribution in [3.05, 3.63) is 65.7 Å². The van der Waals surface area contributed by atoms with Crippen LogP contribution in [0.5, 0.6) is 11.5 Å². The van der Waals surface area contributed by atoms with E-state index in [1.54, 1.807) is 54.6 Å². The second-order valence-corrected chi connectivity index (χ2v) is 6.03. The van der Waals surface area contributed by atoms with Gasteiger partial charge in [-0.3, -0.25) is 10.1 Å². The summed E-state index contributed by atoms with van der Waals surface area (Å²) in [5.74, 6) is -0.248. The van der Waals surface area contributed by atoms with Crippen molar-refractivity contribution < 1.29 is 28.6 Å². The Kier molecular flexibility index (Phi) is 6.47. The summed E-state index contributed by atoms with van der Waals surface area (Å²) in [4.78, 5) is 36.1. The van der Waals surface area contributed by atoms with Gasteiger partial charge in [0.25, 0.3) is 5.91 Å². The molecule has 1 atom stereocenters. The number of hydrogen-bond donors (Lipinski definition) is 2. The van der Waals surface area contributed by atoms with Crippen molar-refractivity contribution in [3.8, 4) is 11.5 Å². The van der Waals surface area contributed by atoms with Crippen LogP contribution in [0.25, 0.3) is 6.08 Å². The lowest BCUT2D eigenvalue weighted by molar-refractivity contribution is -0.151. The van der Waals surface area contributed by atoms with Gasteiger partial charge in [0.05, 0.1) is 0 Å². The number of imide groups is 1. The SMILES string of the molecule is CNC(=O)NC(=O)[C@H](OC(=O)/C=C/c1ccc2c(c1)OCCO2)c1ccccc1. The standard InChI is InChI=1S/C21H20N2O6/c1-22-21(26)23-20(25)19(15-5-3-2-4-6-15)29-18(24)10-8-14-7-9-16-17(13-14)28-12-11-27-16/h2-10,13,19H,11-12H2,1H3,(H2,22,23,25,26)/b10-8+/t19-/m1/s1. The average molecular weight is 396 g/mol. The largest absolute Gasteiger partial charge is 0.486 e. The van der Waals surface area contributed by atoms with Gasteiger partial charge in [-0.1, -0.05) is 36.4 Å². The quantitative estimate of drug-likeness (QED) is 0.593. The van der Waals surface area contributed by atoms with Crippen molar-refractivity contribution in [2.75, 3.05) is 20.3 Å². The van der Waals surface area contributed by atoms with Gasteiger partial charge in [0.1, 0.15) is 13.2 Å². The van der Waals surface area contributed by atoms with Crippen molar-refractivity contribution in [2.45, 2.75) is 6.10 Å². The molecule has 0 unspecified atom stereocenters. The number of esters is 1. The summed E-state index contributed by atoms with van der Waals surface area (Å²) in [5, 5.41) is 4.40. The van der Waals surface area contributed by atoms with Crippen molar-refractivity contribution >= 4 is 24.0 Å². The molecule has 1 aliphatic rings. The Morgan fingerprint density at radius 2 is 1.76 bits per heavy atom. The second-order valence-electron chi connectivity index (χ2n) is 6.03. The fourth-order valence-corrected chi connectivity index (χ4v) is 2.62. The number of carbonyl (C=O) groups is 3. The Morgan fingerprint density at radius 1 is 1.03 bits per heavy atom. The number of hydrogen-bond acceptors (Lipinski definition) is 6. The molecule has 0 aromatic heterocycles. The highest BCUT2D eigenvalue weighted by molar-refractivity contribution is 5.98. The third-order valence-corrected chi connectivity index (χ3v) is 4.02. The van der Waals surface area contributed by atoms with E-state index in [0.717, 1.165) is 0 Å². The molecule has 0 radical (unpaired) electrons. The molecule has 0 saturated carbocycles. The molecule has 0 saturated heterocycles. The zero-order valence-electron chi connectivity index (χ0n) is 15.7. The van der Waals surface area contributed by atoms with Gasteiger partial charge >= 0.3 is 12.0 Å². The first-order valence-electron chi connectivity index (χ1n) is 8.92. The Balaban J connectivity index is 1.71. The molecule has 0 spiro atoms.